The van der Waals surface area contributed by atoms with Crippen molar-refractivity contribution in [2.45, 2.75) is 51.2 Å². The molecule has 0 aromatic rings. The van der Waals surface area contributed by atoms with E-state index in [-0.39, 0.29) is 24.2 Å². The molecule has 5 nitrogen and oxygen atoms in total. The van der Waals surface area contributed by atoms with Crippen LogP contribution >= 0.6 is 0 Å². The number of ether oxygens (including phenoxy) is 2. The van der Waals surface area contributed by atoms with Crippen LogP contribution in [-0.4, -0.2) is 31.3 Å². The van der Waals surface area contributed by atoms with Crippen LogP contribution in [0.3, 0.4) is 0 Å². The first-order valence-electron chi connectivity index (χ1n) is 5.67. The molecule has 0 aliphatic carbocycles. The Balaban J connectivity index is 2.03. The lowest BCUT2D eigenvalue weighted by Crippen LogP contribution is -2.27. The molecule has 1 fully saturated rings. The first-order chi connectivity index (χ1) is 7.63. The summed E-state index contributed by atoms with van der Waals surface area (Å²) in [7, 11) is 1.40. The zero-order valence-electron chi connectivity index (χ0n) is 9.82. The monoisotopic (exact) mass is 229 g/mol. The predicted molar refractivity (Wildman–Crippen MR) is 58.0 cm³/mol. The van der Waals surface area contributed by atoms with Crippen LogP contribution in [0.2, 0.25) is 0 Å². The summed E-state index contributed by atoms with van der Waals surface area (Å²) in [5.41, 5.74) is 0. The highest BCUT2D eigenvalue weighted by molar-refractivity contribution is 5.70. The predicted octanol–water partition coefficient (Wildman–Crippen LogP) is 1.61. The fourth-order valence-corrected chi connectivity index (χ4v) is 1.76. The third-order valence-electron chi connectivity index (χ3n) is 2.76. The van der Waals surface area contributed by atoms with Gasteiger partial charge in [0.05, 0.1) is 13.2 Å². The largest absolute Gasteiger partial charge is 0.469 e. The molecule has 1 rings (SSSR count). The van der Waals surface area contributed by atoms with E-state index in [2.05, 4.69) is 10.1 Å². The van der Waals surface area contributed by atoms with Crippen LogP contribution in [0.5, 0.6) is 0 Å². The van der Waals surface area contributed by atoms with E-state index in [1.165, 1.54) is 7.11 Å². The lowest BCUT2D eigenvalue weighted by atomic mass is 10.1. The van der Waals surface area contributed by atoms with Gasteiger partial charge < -0.3 is 14.8 Å². The molecule has 1 N–H and O–H groups in total. The van der Waals surface area contributed by atoms with Crippen molar-refractivity contribution in [3.05, 3.63) is 0 Å². The number of cyclic esters (lactones) is 1. The summed E-state index contributed by atoms with van der Waals surface area (Å²) >= 11 is 0. The maximum atomic E-state index is 10.9. The van der Waals surface area contributed by atoms with E-state index >= 15 is 0 Å². The number of amides is 1. The molecule has 1 amide bonds. The van der Waals surface area contributed by atoms with Crippen molar-refractivity contribution in [3.63, 3.8) is 0 Å². The lowest BCUT2D eigenvalue weighted by molar-refractivity contribution is -0.140. The second kappa shape index (κ2) is 6.35. The van der Waals surface area contributed by atoms with Gasteiger partial charge in [-0.3, -0.25) is 4.79 Å². The molecule has 92 valence electrons. The van der Waals surface area contributed by atoms with E-state index in [0.29, 0.717) is 6.42 Å². The number of carbonyl (C=O) groups excluding carboxylic acids is 2. The van der Waals surface area contributed by atoms with Crippen molar-refractivity contribution < 1.29 is 19.1 Å². The normalized spacial score (nSPS) is 23.8. The summed E-state index contributed by atoms with van der Waals surface area (Å²) in [6.07, 6.45) is 3.71. The van der Waals surface area contributed by atoms with Gasteiger partial charge in [-0.2, -0.15) is 0 Å². The van der Waals surface area contributed by atoms with E-state index in [4.69, 9.17) is 4.74 Å². The Hall–Kier alpha value is -1.26. The molecule has 0 spiro atoms. The molecular formula is C11H19NO4. The molecule has 5 heteroatoms. The molecule has 1 heterocycles. The van der Waals surface area contributed by atoms with Crippen LogP contribution in [0, 0.1) is 0 Å². The summed E-state index contributed by atoms with van der Waals surface area (Å²) in [6.45, 7) is 1.93. The fraction of sp³-hybridized carbons (Fsp3) is 0.818. The van der Waals surface area contributed by atoms with Gasteiger partial charge in [0.2, 0.25) is 0 Å². The maximum absolute atomic E-state index is 10.9. The van der Waals surface area contributed by atoms with Gasteiger partial charge in [-0.05, 0) is 26.2 Å². The molecule has 1 aliphatic heterocycles. The third-order valence-corrected chi connectivity index (χ3v) is 2.76. The topological polar surface area (TPSA) is 64.6 Å². The van der Waals surface area contributed by atoms with Crippen molar-refractivity contribution in [2.24, 2.45) is 0 Å². The van der Waals surface area contributed by atoms with Gasteiger partial charge in [0.15, 0.2) is 0 Å². The molecule has 0 bridgehead atoms. The lowest BCUT2D eigenvalue weighted by Gasteiger charge is -2.11. The summed E-state index contributed by atoms with van der Waals surface area (Å²) in [4.78, 5) is 21.7. The average molecular weight is 229 g/mol. The van der Waals surface area contributed by atoms with Crippen LogP contribution in [-0.2, 0) is 14.3 Å². The molecule has 2 unspecified atom stereocenters. The van der Waals surface area contributed by atoms with Crippen molar-refractivity contribution in [2.75, 3.05) is 7.11 Å². The van der Waals surface area contributed by atoms with Crippen molar-refractivity contribution in [3.8, 4) is 0 Å². The highest BCUT2D eigenvalue weighted by Gasteiger charge is 2.29. The summed E-state index contributed by atoms with van der Waals surface area (Å²) < 4.78 is 9.62. The minimum atomic E-state index is -0.327. The second-order valence-electron chi connectivity index (χ2n) is 4.05. The van der Waals surface area contributed by atoms with Crippen molar-refractivity contribution >= 4 is 12.1 Å². The number of esters is 1. The number of unbranched alkanes of at least 4 members (excludes halogenated alkanes) is 2. The Labute approximate surface area is 95.5 Å². The van der Waals surface area contributed by atoms with Crippen LogP contribution in [0.1, 0.15) is 39.0 Å². The number of carbonyl (C=O) groups is 2. The van der Waals surface area contributed by atoms with E-state index in [9.17, 15) is 9.59 Å². The Bertz CT molecular complexity index is 254. The molecule has 0 saturated carbocycles. The zero-order valence-corrected chi connectivity index (χ0v) is 9.82. The molecule has 0 radical (unpaired) electrons. The third kappa shape index (κ3) is 4.08. The minimum absolute atomic E-state index is 0.0226. The Kier molecular flexibility index (Phi) is 5.08. The van der Waals surface area contributed by atoms with Crippen molar-refractivity contribution in [1.29, 1.82) is 0 Å². The van der Waals surface area contributed by atoms with Crippen LogP contribution < -0.4 is 5.32 Å². The van der Waals surface area contributed by atoms with Crippen molar-refractivity contribution in [1.82, 2.24) is 5.32 Å². The Morgan fingerprint density at radius 3 is 2.75 bits per heavy atom. The average Bonchev–Trinajstić information content (AvgIpc) is 2.56. The summed E-state index contributed by atoms with van der Waals surface area (Å²) in [6, 6.07) is 0.0908. The highest BCUT2D eigenvalue weighted by atomic mass is 16.6. The van der Waals surface area contributed by atoms with E-state index in [0.717, 1.165) is 25.7 Å². The number of alkyl carbamates (subject to hydrolysis) is 1. The first-order valence-corrected chi connectivity index (χ1v) is 5.67. The molecule has 1 aliphatic rings. The highest BCUT2D eigenvalue weighted by Crippen LogP contribution is 2.16. The number of hydrogen-bond acceptors (Lipinski definition) is 4. The minimum Gasteiger partial charge on any atom is -0.469 e. The van der Waals surface area contributed by atoms with Gasteiger partial charge >= 0.3 is 12.1 Å². The van der Waals surface area contributed by atoms with Crippen LogP contribution in [0.15, 0.2) is 0 Å². The summed E-state index contributed by atoms with van der Waals surface area (Å²) in [5.74, 6) is -0.165. The molecule has 2 atom stereocenters. The molecule has 0 aromatic heterocycles. The Morgan fingerprint density at radius 1 is 1.44 bits per heavy atom. The molecular weight excluding hydrogens is 210 g/mol. The smallest absolute Gasteiger partial charge is 0.407 e. The van der Waals surface area contributed by atoms with Gasteiger partial charge in [-0.25, -0.2) is 4.79 Å². The van der Waals surface area contributed by atoms with Gasteiger partial charge in [0.1, 0.15) is 6.10 Å². The van der Waals surface area contributed by atoms with Gasteiger partial charge in [0, 0.05) is 6.42 Å². The Morgan fingerprint density at radius 2 is 2.19 bits per heavy atom. The quantitative estimate of drug-likeness (QED) is 0.555. The van der Waals surface area contributed by atoms with Crippen LogP contribution in [0.25, 0.3) is 0 Å². The van der Waals surface area contributed by atoms with E-state index < -0.39 is 0 Å². The zero-order chi connectivity index (χ0) is 12.0. The number of rotatable bonds is 6. The van der Waals surface area contributed by atoms with Crippen LogP contribution in [0.4, 0.5) is 4.79 Å². The second-order valence-corrected chi connectivity index (χ2v) is 4.05. The van der Waals surface area contributed by atoms with Gasteiger partial charge in [0.25, 0.3) is 0 Å². The van der Waals surface area contributed by atoms with Gasteiger partial charge in [-0.15, -0.1) is 0 Å². The number of nitrogens with one attached hydrogen (secondary N) is 1. The van der Waals surface area contributed by atoms with E-state index in [1.54, 1.807) is 0 Å². The van der Waals surface area contributed by atoms with Gasteiger partial charge in [-0.1, -0.05) is 6.42 Å². The standard InChI is InChI=1S/C11H19NO4/c1-8-9(16-11(14)12-8)6-4-3-5-7-10(13)15-2/h8-9H,3-7H2,1-2H3,(H,12,14). The molecule has 0 aromatic carbocycles. The fourth-order valence-electron chi connectivity index (χ4n) is 1.76. The molecule has 1 saturated heterocycles. The number of hydrogen-bond donors (Lipinski definition) is 1. The first kappa shape index (κ1) is 12.8. The maximum Gasteiger partial charge on any atom is 0.407 e. The SMILES string of the molecule is COC(=O)CCCCCC1OC(=O)NC1C. The van der Waals surface area contributed by atoms with E-state index in [1.807, 2.05) is 6.92 Å². The molecule has 16 heavy (non-hydrogen) atoms. The number of methoxy groups -OCH3 is 1. The summed E-state index contributed by atoms with van der Waals surface area (Å²) in [5, 5.41) is 2.70.